The summed E-state index contributed by atoms with van der Waals surface area (Å²) in [5.41, 5.74) is 0.541. The molecule has 3 aromatic carbocycles. The second-order valence-electron chi connectivity index (χ2n) is 7.00. The number of carbonyl (C=O) groups excluding carboxylic acids is 1. The Morgan fingerprint density at radius 3 is 2.67 bits per heavy atom. The molecule has 0 radical (unpaired) electrons. The van der Waals surface area contributed by atoms with E-state index in [1.165, 1.54) is 37.4 Å². The molecule has 0 saturated heterocycles. The van der Waals surface area contributed by atoms with Crippen LogP contribution in [0, 0.1) is 17.1 Å². The van der Waals surface area contributed by atoms with Crippen molar-refractivity contribution in [2.75, 3.05) is 11.8 Å². The number of benzene rings is 3. The van der Waals surface area contributed by atoms with Crippen LogP contribution in [0.25, 0.3) is 11.1 Å². The number of carbonyl (C=O) groups is 1. The van der Waals surface area contributed by atoms with Crippen LogP contribution in [-0.2, 0) is 21.4 Å². The molecule has 0 aliphatic carbocycles. The second-order valence-corrected chi connectivity index (χ2v) is 9.51. The molecule has 0 fully saturated rings. The summed E-state index contributed by atoms with van der Waals surface area (Å²) in [5, 5.41) is 19.6. The number of sulfonamides is 1. The number of ether oxygens (including phenoxy) is 2. The van der Waals surface area contributed by atoms with Gasteiger partial charge < -0.3 is 14.6 Å². The number of nitrogens with zero attached hydrogens (tertiary/aromatic N) is 1. The van der Waals surface area contributed by atoms with Gasteiger partial charge in [-0.1, -0.05) is 6.07 Å². The topological polar surface area (TPSA) is 126 Å². The van der Waals surface area contributed by atoms with Gasteiger partial charge >= 0.3 is 5.97 Å². The molecular weight excluding hydrogens is 519 g/mol. The second kappa shape index (κ2) is 8.38. The van der Waals surface area contributed by atoms with Gasteiger partial charge in [0.2, 0.25) is 0 Å². The van der Waals surface area contributed by atoms with Gasteiger partial charge in [0.25, 0.3) is 10.0 Å². The SMILES string of the molecule is COc1cc(F)c2cc1NS(=O)(=O)c1cc(cc(Br)c1O)C(=O)OCc1ccc(C#N)cc1-2. The van der Waals surface area contributed by atoms with Gasteiger partial charge in [-0.3, -0.25) is 4.72 Å². The van der Waals surface area contributed by atoms with Crippen LogP contribution in [0.2, 0.25) is 0 Å². The molecule has 1 aliphatic rings. The number of phenolic OH excluding ortho intramolecular Hbond substituents is 1. The first-order valence-corrected chi connectivity index (χ1v) is 11.6. The standard InChI is InChI=1S/C22H14BrFN2O6S/c1-31-19-8-17(24)15-7-18(19)26-33(29,30)20-6-13(5-16(23)21(20)27)22(28)32-10-12-3-2-11(9-25)4-14(12)15/h2-8,26-27H,10H2,1H3. The number of fused-ring (bicyclic) bond motifs is 6. The molecule has 8 nitrogen and oxygen atoms in total. The molecule has 0 saturated carbocycles. The third-order valence-corrected chi connectivity index (χ3v) is 6.96. The van der Waals surface area contributed by atoms with Crippen LogP contribution in [0.15, 0.2) is 51.8 Å². The van der Waals surface area contributed by atoms with Crippen LogP contribution in [0.4, 0.5) is 10.1 Å². The van der Waals surface area contributed by atoms with Gasteiger partial charge in [0.1, 0.15) is 28.8 Å². The molecule has 3 aromatic rings. The Labute approximate surface area is 196 Å². The summed E-state index contributed by atoms with van der Waals surface area (Å²) in [6.07, 6.45) is 0. The van der Waals surface area contributed by atoms with Gasteiger partial charge in [-0.05, 0) is 57.4 Å². The minimum absolute atomic E-state index is 0.0435. The average molecular weight is 533 g/mol. The lowest BCUT2D eigenvalue weighted by atomic mass is 9.96. The van der Waals surface area contributed by atoms with E-state index in [4.69, 9.17) is 9.47 Å². The van der Waals surface area contributed by atoms with Gasteiger partial charge in [-0.15, -0.1) is 0 Å². The number of esters is 1. The predicted molar refractivity (Wildman–Crippen MR) is 119 cm³/mol. The highest BCUT2D eigenvalue weighted by molar-refractivity contribution is 9.10. The summed E-state index contributed by atoms with van der Waals surface area (Å²) in [4.78, 5) is 12.1. The number of rotatable bonds is 1. The zero-order valence-corrected chi connectivity index (χ0v) is 19.3. The molecule has 2 N–H and O–H groups in total. The highest BCUT2D eigenvalue weighted by Gasteiger charge is 2.27. The Morgan fingerprint density at radius 2 is 1.97 bits per heavy atom. The molecule has 4 rings (SSSR count). The third kappa shape index (κ3) is 4.10. The highest BCUT2D eigenvalue weighted by atomic mass is 79.9. The normalized spacial score (nSPS) is 14.3. The van der Waals surface area contributed by atoms with Gasteiger partial charge in [-0.2, -0.15) is 5.26 Å². The number of methoxy groups -OCH3 is 1. The minimum Gasteiger partial charge on any atom is -0.505 e. The molecule has 1 aliphatic heterocycles. The van der Waals surface area contributed by atoms with Crippen LogP contribution in [0.1, 0.15) is 21.5 Å². The largest absolute Gasteiger partial charge is 0.505 e. The summed E-state index contributed by atoms with van der Waals surface area (Å²) in [5.74, 6) is -2.36. The molecule has 0 spiro atoms. The van der Waals surface area contributed by atoms with Crippen molar-refractivity contribution in [2.24, 2.45) is 0 Å². The maximum atomic E-state index is 15.1. The number of hydrogen-bond donors (Lipinski definition) is 2. The van der Waals surface area contributed by atoms with Crippen molar-refractivity contribution in [3.8, 4) is 28.7 Å². The first kappa shape index (κ1) is 22.6. The number of halogens is 2. The van der Waals surface area contributed by atoms with Crippen molar-refractivity contribution >= 4 is 37.6 Å². The van der Waals surface area contributed by atoms with Crippen LogP contribution >= 0.6 is 15.9 Å². The van der Waals surface area contributed by atoms with E-state index in [9.17, 15) is 23.6 Å². The Balaban J connectivity index is 2.04. The molecule has 4 bridgehead atoms. The van der Waals surface area contributed by atoms with E-state index in [-0.39, 0.29) is 44.8 Å². The third-order valence-electron chi connectivity index (χ3n) is 4.98. The fraction of sp³-hybridized carbons (Fsp3) is 0.0909. The van der Waals surface area contributed by atoms with E-state index in [2.05, 4.69) is 20.7 Å². The molecule has 0 unspecified atom stereocenters. The number of hydrogen-bond acceptors (Lipinski definition) is 7. The smallest absolute Gasteiger partial charge is 0.338 e. The maximum absolute atomic E-state index is 15.1. The number of cyclic esters (lactones) is 1. The first-order valence-electron chi connectivity index (χ1n) is 9.28. The van der Waals surface area contributed by atoms with Crippen LogP contribution in [0.3, 0.4) is 0 Å². The zero-order chi connectivity index (χ0) is 23.9. The molecule has 33 heavy (non-hydrogen) atoms. The van der Waals surface area contributed by atoms with Crippen LogP contribution in [0.5, 0.6) is 11.5 Å². The molecule has 168 valence electrons. The number of anilines is 1. The van der Waals surface area contributed by atoms with E-state index < -0.39 is 32.5 Å². The zero-order valence-electron chi connectivity index (χ0n) is 16.8. The molecular formula is C22H14BrFN2O6S. The Bertz CT molecular complexity index is 1470. The van der Waals surface area contributed by atoms with E-state index in [1.54, 1.807) is 0 Å². The molecule has 1 heterocycles. The van der Waals surface area contributed by atoms with E-state index in [1.807, 2.05) is 6.07 Å². The van der Waals surface area contributed by atoms with Gasteiger partial charge in [0.15, 0.2) is 0 Å². The first-order chi connectivity index (χ1) is 15.6. The Kier molecular flexibility index (Phi) is 5.73. The van der Waals surface area contributed by atoms with Crippen molar-refractivity contribution in [3.63, 3.8) is 0 Å². The highest BCUT2D eigenvalue weighted by Crippen LogP contribution is 2.39. The maximum Gasteiger partial charge on any atom is 0.338 e. The molecule has 0 atom stereocenters. The number of phenols is 1. The average Bonchev–Trinajstić information content (AvgIpc) is 2.79. The van der Waals surface area contributed by atoms with Crippen molar-refractivity contribution in [3.05, 3.63) is 69.4 Å². The number of nitriles is 1. The van der Waals surface area contributed by atoms with E-state index in [0.29, 0.717) is 5.56 Å². The summed E-state index contributed by atoms with van der Waals surface area (Å²) in [6.45, 7) is -0.283. The quantitative estimate of drug-likeness (QED) is 0.447. The van der Waals surface area contributed by atoms with Crippen LogP contribution < -0.4 is 9.46 Å². The fourth-order valence-corrected chi connectivity index (χ4v) is 5.15. The molecule has 0 aromatic heterocycles. The van der Waals surface area contributed by atoms with Gasteiger partial charge in [0, 0.05) is 11.6 Å². The van der Waals surface area contributed by atoms with Gasteiger partial charge in [-0.25, -0.2) is 17.6 Å². The summed E-state index contributed by atoms with van der Waals surface area (Å²) >= 11 is 3.05. The van der Waals surface area contributed by atoms with Crippen molar-refractivity contribution in [2.45, 2.75) is 11.5 Å². The number of nitrogens with one attached hydrogen (secondary N) is 1. The monoisotopic (exact) mass is 532 g/mol. The molecule has 0 amide bonds. The van der Waals surface area contributed by atoms with Crippen LogP contribution in [-0.4, -0.2) is 26.6 Å². The van der Waals surface area contributed by atoms with Crippen molar-refractivity contribution in [1.29, 1.82) is 5.26 Å². The van der Waals surface area contributed by atoms with Crippen molar-refractivity contribution < 1.29 is 32.2 Å². The fourth-order valence-electron chi connectivity index (χ4n) is 3.36. The summed E-state index contributed by atoms with van der Waals surface area (Å²) in [7, 11) is -3.22. The molecule has 11 heteroatoms. The minimum atomic E-state index is -4.46. The Morgan fingerprint density at radius 1 is 1.21 bits per heavy atom. The van der Waals surface area contributed by atoms with Gasteiger partial charge in [0.05, 0.1) is 34.5 Å². The van der Waals surface area contributed by atoms with Crippen molar-refractivity contribution in [1.82, 2.24) is 0 Å². The lowest BCUT2D eigenvalue weighted by Crippen LogP contribution is -2.15. The predicted octanol–water partition coefficient (Wildman–Crippen LogP) is 4.31. The summed E-state index contributed by atoms with van der Waals surface area (Å²) in [6, 6.07) is 10.8. The van der Waals surface area contributed by atoms with E-state index >= 15 is 4.39 Å². The summed E-state index contributed by atoms with van der Waals surface area (Å²) < 4.78 is 54.0. The Hall–Kier alpha value is -3.62. The lowest BCUT2D eigenvalue weighted by Gasteiger charge is -2.16. The van der Waals surface area contributed by atoms with E-state index in [0.717, 1.165) is 12.1 Å². The lowest BCUT2D eigenvalue weighted by molar-refractivity contribution is 0.0473. The number of aromatic hydroxyl groups is 1.